The number of benzene rings is 2. The van der Waals surface area contributed by atoms with E-state index in [-0.39, 0.29) is 6.42 Å². The fraction of sp³-hybridized carbons (Fsp3) is 0.278. The predicted molar refractivity (Wildman–Crippen MR) is 84.9 cm³/mol. The third-order valence-corrected chi connectivity index (χ3v) is 3.37. The Balaban J connectivity index is 1.81. The molecule has 2 rings (SSSR count). The molecule has 0 saturated heterocycles. The zero-order valence-electron chi connectivity index (χ0n) is 12.0. The van der Waals surface area contributed by atoms with Crippen LogP contribution in [0.2, 0.25) is 0 Å². The van der Waals surface area contributed by atoms with E-state index in [1.54, 1.807) is 0 Å². The molecule has 0 aliphatic rings. The summed E-state index contributed by atoms with van der Waals surface area (Å²) < 4.78 is 0. The molecule has 0 spiro atoms. The summed E-state index contributed by atoms with van der Waals surface area (Å²) in [4.78, 5) is 0. The van der Waals surface area contributed by atoms with E-state index in [0.29, 0.717) is 0 Å². The van der Waals surface area contributed by atoms with Gasteiger partial charge in [-0.2, -0.15) is 5.26 Å². The molecule has 0 saturated carbocycles. The van der Waals surface area contributed by atoms with Crippen LogP contribution in [0.3, 0.4) is 0 Å². The van der Waals surface area contributed by atoms with Gasteiger partial charge in [-0.05, 0) is 36.1 Å². The first-order valence-corrected chi connectivity index (χ1v) is 7.22. The Morgan fingerprint density at radius 2 is 1.90 bits per heavy atom. The minimum absolute atomic E-state index is 0.122. The van der Waals surface area contributed by atoms with Crippen LogP contribution in [0.4, 0.5) is 5.69 Å². The molecular weight excluding hydrogens is 260 g/mol. The van der Waals surface area contributed by atoms with Gasteiger partial charge in [0, 0.05) is 12.2 Å². The van der Waals surface area contributed by atoms with Crippen LogP contribution >= 0.6 is 0 Å². The minimum Gasteiger partial charge on any atom is -0.387 e. The zero-order chi connectivity index (χ0) is 14.9. The summed E-state index contributed by atoms with van der Waals surface area (Å²) in [5.74, 6) is 0. The molecule has 21 heavy (non-hydrogen) atoms. The van der Waals surface area contributed by atoms with Gasteiger partial charge in [-0.3, -0.25) is 0 Å². The van der Waals surface area contributed by atoms with Crippen LogP contribution in [0.5, 0.6) is 0 Å². The maximum Gasteiger partial charge on any atom is 0.0920 e. The predicted octanol–water partition coefficient (Wildman–Crippen LogP) is 3.68. The van der Waals surface area contributed by atoms with Crippen LogP contribution in [0.15, 0.2) is 54.6 Å². The minimum atomic E-state index is -0.707. The third-order valence-electron chi connectivity index (χ3n) is 3.37. The molecule has 108 valence electrons. The van der Waals surface area contributed by atoms with Gasteiger partial charge < -0.3 is 10.4 Å². The quantitative estimate of drug-likeness (QED) is 0.761. The van der Waals surface area contributed by atoms with Crippen LogP contribution in [0.1, 0.15) is 30.1 Å². The lowest BCUT2D eigenvalue weighted by Gasteiger charge is -2.11. The molecule has 0 aliphatic heterocycles. The van der Waals surface area contributed by atoms with E-state index < -0.39 is 6.10 Å². The normalized spacial score (nSPS) is 11.6. The summed E-state index contributed by atoms with van der Waals surface area (Å²) in [6.45, 7) is 0.882. The number of rotatable bonds is 7. The molecule has 2 aromatic carbocycles. The molecule has 2 aromatic rings. The Morgan fingerprint density at radius 1 is 1.10 bits per heavy atom. The van der Waals surface area contributed by atoms with Crippen LogP contribution in [0.25, 0.3) is 0 Å². The maximum absolute atomic E-state index is 9.81. The highest BCUT2D eigenvalue weighted by Crippen LogP contribution is 2.19. The van der Waals surface area contributed by atoms with Gasteiger partial charge in [0.15, 0.2) is 0 Å². The Morgan fingerprint density at radius 3 is 2.67 bits per heavy atom. The molecule has 0 amide bonds. The highest BCUT2D eigenvalue weighted by Gasteiger charge is 2.06. The highest BCUT2D eigenvalue weighted by atomic mass is 16.3. The number of aliphatic hydroxyl groups is 1. The van der Waals surface area contributed by atoms with Crippen molar-refractivity contribution in [2.75, 3.05) is 11.9 Å². The van der Waals surface area contributed by atoms with E-state index in [9.17, 15) is 5.11 Å². The molecule has 0 bridgehead atoms. The Bertz CT molecular complexity index is 590. The first-order chi connectivity index (χ1) is 10.3. The van der Waals surface area contributed by atoms with Crippen LogP contribution in [0, 0.1) is 11.3 Å². The zero-order valence-corrected chi connectivity index (χ0v) is 12.0. The van der Waals surface area contributed by atoms with Crippen LogP contribution < -0.4 is 5.32 Å². The SMILES string of the molecule is N#CCC(O)c1cccc(NCCCc2ccccc2)c1. The van der Waals surface area contributed by atoms with Crippen molar-refractivity contribution in [1.29, 1.82) is 5.26 Å². The second-order valence-corrected chi connectivity index (χ2v) is 5.02. The van der Waals surface area contributed by atoms with Gasteiger partial charge in [-0.15, -0.1) is 0 Å². The third kappa shape index (κ3) is 4.94. The summed E-state index contributed by atoms with van der Waals surface area (Å²) in [6.07, 6.45) is 1.51. The van der Waals surface area contributed by atoms with Gasteiger partial charge in [0.25, 0.3) is 0 Å². The number of nitrogens with one attached hydrogen (secondary N) is 1. The van der Waals surface area contributed by atoms with Crippen molar-refractivity contribution in [2.24, 2.45) is 0 Å². The van der Waals surface area contributed by atoms with E-state index in [4.69, 9.17) is 5.26 Å². The molecule has 3 heteroatoms. The first-order valence-electron chi connectivity index (χ1n) is 7.22. The van der Waals surface area contributed by atoms with Crippen molar-refractivity contribution in [3.05, 3.63) is 65.7 Å². The lowest BCUT2D eigenvalue weighted by atomic mass is 10.1. The topological polar surface area (TPSA) is 56.0 Å². The van der Waals surface area contributed by atoms with E-state index in [0.717, 1.165) is 30.6 Å². The number of hydrogen-bond donors (Lipinski definition) is 2. The van der Waals surface area contributed by atoms with Crippen molar-refractivity contribution >= 4 is 5.69 Å². The monoisotopic (exact) mass is 280 g/mol. The second-order valence-electron chi connectivity index (χ2n) is 5.02. The number of aliphatic hydroxyl groups excluding tert-OH is 1. The van der Waals surface area contributed by atoms with Crippen molar-refractivity contribution in [1.82, 2.24) is 0 Å². The maximum atomic E-state index is 9.81. The molecule has 0 fully saturated rings. The molecule has 0 radical (unpaired) electrons. The molecule has 0 heterocycles. The van der Waals surface area contributed by atoms with Gasteiger partial charge in [0.05, 0.1) is 18.6 Å². The average molecular weight is 280 g/mol. The Kier molecular flexibility index (Phi) is 5.81. The lowest BCUT2D eigenvalue weighted by Crippen LogP contribution is -2.04. The highest BCUT2D eigenvalue weighted by molar-refractivity contribution is 5.46. The van der Waals surface area contributed by atoms with Gasteiger partial charge in [0.1, 0.15) is 0 Å². The second kappa shape index (κ2) is 8.08. The van der Waals surface area contributed by atoms with Crippen molar-refractivity contribution in [2.45, 2.75) is 25.4 Å². The van der Waals surface area contributed by atoms with E-state index in [1.807, 2.05) is 36.4 Å². The van der Waals surface area contributed by atoms with Gasteiger partial charge in [0.2, 0.25) is 0 Å². The number of hydrogen-bond acceptors (Lipinski definition) is 3. The molecule has 2 N–H and O–H groups in total. The summed E-state index contributed by atoms with van der Waals surface area (Å²) in [5, 5.41) is 21.8. The summed E-state index contributed by atoms with van der Waals surface area (Å²) in [6, 6.07) is 20.0. The number of aryl methyl sites for hydroxylation is 1. The lowest BCUT2D eigenvalue weighted by molar-refractivity contribution is 0.183. The van der Waals surface area contributed by atoms with E-state index in [1.165, 1.54) is 5.56 Å². The van der Waals surface area contributed by atoms with Gasteiger partial charge in [-0.1, -0.05) is 42.5 Å². The summed E-state index contributed by atoms with van der Waals surface area (Å²) >= 11 is 0. The molecule has 1 atom stereocenters. The molecule has 0 aliphatic carbocycles. The fourth-order valence-electron chi connectivity index (χ4n) is 2.23. The number of nitriles is 1. The summed E-state index contributed by atoms with van der Waals surface area (Å²) in [5.41, 5.74) is 3.11. The smallest absolute Gasteiger partial charge is 0.0920 e. The summed E-state index contributed by atoms with van der Waals surface area (Å²) in [7, 11) is 0. The number of nitrogens with zero attached hydrogens (tertiary/aromatic N) is 1. The van der Waals surface area contributed by atoms with E-state index in [2.05, 4.69) is 29.6 Å². The van der Waals surface area contributed by atoms with Crippen molar-refractivity contribution in [3.8, 4) is 6.07 Å². The van der Waals surface area contributed by atoms with E-state index >= 15 is 0 Å². The fourth-order valence-corrected chi connectivity index (χ4v) is 2.23. The molecule has 0 aromatic heterocycles. The van der Waals surface area contributed by atoms with Crippen LogP contribution in [-0.4, -0.2) is 11.7 Å². The van der Waals surface area contributed by atoms with Crippen molar-refractivity contribution < 1.29 is 5.11 Å². The molecule has 3 nitrogen and oxygen atoms in total. The number of anilines is 1. The van der Waals surface area contributed by atoms with Crippen molar-refractivity contribution in [3.63, 3.8) is 0 Å². The Hall–Kier alpha value is -2.31. The van der Waals surface area contributed by atoms with Gasteiger partial charge in [-0.25, -0.2) is 0 Å². The first kappa shape index (κ1) is 15.1. The van der Waals surface area contributed by atoms with Gasteiger partial charge >= 0.3 is 0 Å². The molecule has 1 unspecified atom stereocenters. The standard InChI is InChI=1S/C18H20N2O/c19-12-11-18(21)16-9-4-10-17(14-16)20-13-5-8-15-6-2-1-3-7-15/h1-4,6-7,9-10,14,18,20-21H,5,8,11,13H2. The Labute approximate surface area is 125 Å². The average Bonchev–Trinajstić information content (AvgIpc) is 2.53. The van der Waals surface area contributed by atoms with Crippen LogP contribution in [-0.2, 0) is 6.42 Å². The largest absolute Gasteiger partial charge is 0.387 e. The molecular formula is C18H20N2O.